The highest BCUT2D eigenvalue weighted by Gasteiger charge is 2.09. The van der Waals surface area contributed by atoms with Crippen molar-refractivity contribution in [3.8, 4) is 6.07 Å². The SMILES string of the molecule is Cc1ccc(C)c(N/C=C(\C#N)C(=O)Nc2ccccc2)c1. The minimum Gasteiger partial charge on any atom is -0.360 e. The van der Waals surface area contributed by atoms with Gasteiger partial charge in [0.2, 0.25) is 0 Å². The van der Waals surface area contributed by atoms with Crippen molar-refractivity contribution in [3.63, 3.8) is 0 Å². The van der Waals surface area contributed by atoms with Crippen LogP contribution in [0.25, 0.3) is 0 Å². The first kappa shape index (κ1) is 15.3. The smallest absolute Gasteiger partial charge is 0.267 e. The quantitative estimate of drug-likeness (QED) is 0.666. The molecule has 2 N–H and O–H groups in total. The van der Waals surface area contributed by atoms with Gasteiger partial charge in [-0.15, -0.1) is 0 Å². The number of carbonyl (C=O) groups excluding carboxylic acids is 1. The lowest BCUT2D eigenvalue weighted by Crippen LogP contribution is -2.14. The van der Waals surface area contributed by atoms with E-state index in [0.717, 1.165) is 16.8 Å². The summed E-state index contributed by atoms with van der Waals surface area (Å²) in [5, 5.41) is 14.9. The summed E-state index contributed by atoms with van der Waals surface area (Å²) < 4.78 is 0. The lowest BCUT2D eigenvalue weighted by atomic mass is 10.1. The highest BCUT2D eigenvalue weighted by atomic mass is 16.1. The monoisotopic (exact) mass is 291 g/mol. The molecule has 1 amide bonds. The van der Waals surface area contributed by atoms with Crippen molar-refractivity contribution in [2.24, 2.45) is 0 Å². The summed E-state index contributed by atoms with van der Waals surface area (Å²) in [7, 11) is 0. The number of aryl methyl sites for hydroxylation is 2. The van der Waals surface area contributed by atoms with Crippen LogP contribution in [0.1, 0.15) is 11.1 Å². The molecule has 22 heavy (non-hydrogen) atoms. The molecule has 2 rings (SSSR count). The van der Waals surface area contributed by atoms with Gasteiger partial charge in [-0.3, -0.25) is 4.79 Å². The predicted molar refractivity (Wildman–Crippen MR) is 88.3 cm³/mol. The molecule has 0 saturated heterocycles. The third kappa shape index (κ3) is 3.97. The number of nitrogens with zero attached hydrogens (tertiary/aromatic N) is 1. The Morgan fingerprint density at radius 1 is 1.14 bits per heavy atom. The van der Waals surface area contributed by atoms with E-state index >= 15 is 0 Å². The number of nitrogens with one attached hydrogen (secondary N) is 2. The largest absolute Gasteiger partial charge is 0.360 e. The molecule has 0 radical (unpaired) electrons. The number of nitriles is 1. The van der Waals surface area contributed by atoms with Crippen molar-refractivity contribution in [1.29, 1.82) is 5.26 Å². The Morgan fingerprint density at radius 3 is 2.55 bits per heavy atom. The van der Waals surface area contributed by atoms with Gasteiger partial charge in [0.25, 0.3) is 5.91 Å². The van der Waals surface area contributed by atoms with E-state index in [-0.39, 0.29) is 5.57 Å². The van der Waals surface area contributed by atoms with Gasteiger partial charge in [0, 0.05) is 17.6 Å². The molecule has 0 heterocycles. The van der Waals surface area contributed by atoms with E-state index in [2.05, 4.69) is 10.6 Å². The molecule has 0 unspecified atom stereocenters. The maximum absolute atomic E-state index is 12.1. The molecule has 0 saturated carbocycles. The average molecular weight is 291 g/mol. The standard InChI is InChI=1S/C18H17N3O/c1-13-8-9-14(2)17(10-13)20-12-15(11-19)18(22)21-16-6-4-3-5-7-16/h3-10,12,20H,1-2H3,(H,21,22)/b15-12+. The van der Waals surface area contributed by atoms with E-state index in [1.807, 2.05) is 56.3 Å². The van der Waals surface area contributed by atoms with Crippen LogP contribution in [0.2, 0.25) is 0 Å². The molecular weight excluding hydrogens is 274 g/mol. The van der Waals surface area contributed by atoms with Crippen molar-refractivity contribution < 1.29 is 4.79 Å². The van der Waals surface area contributed by atoms with Gasteiger partial charge in [-0.1, -0.05) is 30.3 Å². The number of hydrogen-bond donors (Lipinski definition) is 2. The highest BCUT2D eigenvalue weighted by Crippen LogP contribution is 2.17. The second-order valence-electron chi connectivity index (χ2n) is 4.95. The summed E-state index contributed by atoms with van der Waals surface area (Å²) in [5.74, 6) is -0.438. The zero-order chi connectivity index (χ0) is 15.9. The van der Waals surface area contributed by atoms with Gasteiger partial charge in [-0.2, -0.15) is 5.26 Å². The Hall–Kier alpha value is -3.06. The third-order valence-electron chi connectivity index (χ3n) is 3.16. The first-order valence-corrected chi connectivity index (χ1v) is 6.90. The lowest BCUT2D eigenvalue weighted by molar-refractivity contribution is -0.112. The fourth-order valence-corrected chi connectivity index (χ4v) is 1.91. The van der Waals surface area contributed by atoms with Crippen molar-refractivity contribution >= 4 is 17.3 Å². The molecule has 0 aliphatic rings. The van der Waals surface area contributed by atoms with Crippen LogP contribution < -0.4 is 10.6 Å². The predicted octanol–water partition coefficient (Wildman–Crippen LogP) is 3.76. The Balaban J connectivity index is 2.12. The average Bonchev–Trinajstić information content (AvgIpc) is 2.52. The molecule has 0 atom stereocenters. The molecule has 0 aliphatic heterocycles. The lowest BCUT2D eigenvalue weighted by Gasteiger charge is -2.08. The van der Waals surface area contributed by atoms with Crippen molar-refractivity contribution in [3.05, 3.63) is 71.4 Å². The first-order valence-electron chi connectivity index (χ1n) is 6.90. The van der Waals surface area contributed by atoms with Crippen LogP contribution in [0.3, 0.4) is 0 Å². The van der Waals surface area contributed by atoms with E-state index in [9.17, 15) is 4.79 Å². The van der Waals surface area contributed by atoms with Crippen molar-refractivity contribution in [2.45, 2.75) is 13.8 Å². The van der Waals surface area contributed by atoms with E-state index in [0.29, 0.717) is 5.69 Å². The van der Waals surface area contributed by atoms with Gasteiger partial charge in [-0.05, 0) is 43.2 Å². The summed E-state index contributed by atoms with van der Waals surface area (Å²) in [6.45, 7) is 3.95. The van der Waals surface area contributed by atoms with Gasteiger partial charge in [0.1, 0.15) is 11.6 Å². The second kappa shape index (κ2) is 7.09. The van der Waals surface area contributed by atoms with E-state index in [1.54, 1.807) is 12.1 Å². The molecule has 0 bridgehead atoms. The number of anilines is 2. The van der Waals surface area contributed by atoms with Crippen molar-refractivity contribution in [1.82, 2.24) is 0 Å². The topological polar surface area (TPSA) is 64.9 Å². The maximum atomic E-state index is 12.1. The summed E-state index contributed by atoms with van der Waals surface area (Å²) in [6.07, 6.45) is 1.43. The minimum atomic E-state index is -0.438. The third-order valence-corrected chi connectivity index (χ3v) is 3.16. The normalized spacial score (nSPS) is 10.7. The molecule has 0 spiro atoms. The maximum Gasteiger partial charge on any atom is 0.267 e. The summed E-state index contributed by atoms with van der Waals surface area (Å²) in [4.78, 5) is 12.1. The van der Waals surface area contributed by atoms with E-state index < -0.39 is 5.91 Å². The molecule has 2 aromatic carbocycles. The number of amides is 1. The van der Waals surface area contributed by atoms with Crippen LogP contribution in [0.15, 0.2) is 60.3 Å². The summed E-state index contributed by atoms with van der Waals surface area (Å²) in [6, 6.07) is 16.9. The fraction of sp³-hybridized carbons (Fsp3) is 0.111. The second-order valence-corrected chi connectivity index (χ2v) is 4.95. The van der Waals surface area contributed by atoms with Crippen LogP contribution in [0, 0.1) is 25.2 Å². The molecule has 0 fully saturated rings. The van der Waals surface area contributed by atoms with Gasteiger partial charge in [-0.25, -0.2) is 0 Å². The van der Waals surface area contributed by atoms with Crippen LogP contribution in [-0.4, -0.2) is 5.91 Å². The Bertz CT molecular complexity index is 743. The van der Waals surface area contributed by atoms with Crippen LogP contribution >= 0.6 is 0 Å². The molecule has 4 nitrogen and oxygen atoms in total. The first-order chi connectivity index (χ1) is 10.6. The minimum absolute atomic E-state index is 0.0183. The molecule has 2 aromatic rings. The number of para-hydroxylation sites is 1. The molecule has 0 aromatic heterocycles. The number of carbonyl (C=O) groups is 1. The van der Waals surface area contributed by atoms with Gasteiger partial charge in [0.15, 0.2) is 0 Å². The zero-order valence-corrected chi connectivity index (χ0v) is 12.6. The van der Waals surface area contributed by atoms with Gasteiger partial charge >= 0.3 is 0 Å². The van der Waals surface area contributed by atoms with Crippen molar-refractivity contribution in [2.75, 3.05) is 10.6 Å². The molecule has 4 heteroatoms. The highest BCUT2D eigenvalue weighted by molar-refractivity contribution is 6.06. The molecule has 0 aliphatic carbocycles. The van der Waals surface area contributed by atoms with E-state index in [4.69, 9.17) is 5.26 Å². The Kier molecular flexibility index (Phi) is 4.94. The fourth-order valence-electron chi connectivity index (χ4n) is 1.91. The molecule has 110 valence electrons. The van der Waals surface area contributed by atoms with Crippen LogP contribution in [-0.2, 0) is 4.79 Å². The number of rotatable bonds is 4. The number of benzene rings is 2. The molecular formula is C18H17N3O. The van der Waals surface area contributed by atoms with Gasteiger partial charge in [0.05, 0.1) is 0 Å². The van der Waals surface area contributed by atoms with Crippen LogP contribution in [0.4, 0.5) is 11.4 Å². The summed E-state index contributed by atoms with van der Waals surface area (Å²) >= 11 is 0. The number of hydrogen-bond acceptors (Lipinski definition) is 3. The van der Waals surface area contributed by atoms with Gasteiger partial charge < -0.3 is 10.6 Å². The Labute approximate surface area is 130 Å². The zero-order valence-electron chi connectivity index (χ0n) is 12.6. The van der Waals surface area contributed by atoms with Crippen LogP contribution in [0.5, 0.6) is 0 Å². The summed E-state index contributed by atoms with van der Waals surface area (Å²) in [5.41, 5.74) is 3.70. The van der Waals surface area contributed by atoms with E-state index in [1.165, 1.54) is 6.20 Å². The Morgan fingerprint density at radius 2 is 1.86 bits per heavy atom.